The van der Waals surface area contributed by atoms with Crippen molar-refractivity contribution >= 4 is 40.9 Å². The number of nitrogens with zero attached hydrogens (tertiary/aromatic N) is 3. The maximum absolute atomic E-state index is 12.8. The van der Waals surface area contributed by atoms with Crippen LogP contribution >= 0.6 is 35.0 Å². The third-order valence-electron chi connectivity index (χ3n) is 5.53. The van der Waals surface area contributed by atoms with Gasteiger partial charge in [-0.2, -0.15) is 0 Å². The van der Waals surface area contributed by atoms with Gasteiger partial charge in [-0.25, -0.2) is 0 Å². The molecule has 0 bridgehead atoms. The molecule has 8 heteroatoms. The van der Waals surface area contributed by atoms with E-state index in [2.05, 4.69) is 34.6 Å². The lowest BCUT2D eigenvalue weighted by Gasteiger charge is -2.18. The summed E-state index contributed by atoms with van der Waals surface area (Å²) in [4.78, 5) is 12.8. The first kappa shape index (κ1) is 24.3. The summed E-state index contributed by atoms with van der Waals surface area (Å²) in [6, 6.07) is 20.4. The summed E-state index contributed by atoms with van der Waals surface area (Å²) in [6.07, 6.45) is 0. The van der Waals surface area contributed by atoms with Gasteiger partial charge in [0.25, 0.3) is 5.91 Å². The summed E-state index contributed by atoms with van der Waals surface area (Å²) < 4.78 is 1.98. The van der Waals surface area contributed by atoms with E-state index in [-0.39, 0.29) is 5.91 Å². The van der Waals surface area contributed by atoms with E-state index in [1.807, 2.05) is 48.7 Å². The van der Waals surface area contributed by atoms with Gasteiger partial charge in [-0.3, -0.25) is 9.36 Å². The molecule has 0 spiro atoms. The summed E-state index contributed by atoms with van der Waals surface area (Å²) in [5.41, 5.74) is 4.89. The van der Waals surface area contributed by atoms with Gasteiger partial charge in [-0.1, -0.05) is 65.3 Å². The van der Waals surface area contributed by atoms with Crippen molar-refractivity contribution in [2.24, 2.45) is 0 Å². The Morgan fingerprint density at radius 2 is 1.68 bits per heavy atom. The van der Waals surface area contributed by atoms with Crippen molar-refractivity contribution in [3.63, 3.8) is 0 Å². The van der Waals surface area contributed by atoms with E-state index in [0.717, 1.165) is 22.2 Å². The van der Waals surface area contributed by atoms with E-state index in [9.17, 15) is 4.79 Å². The van der Waals surface area contributed by atoms with Crippen LogP contribution in [0.4, 0.5) is 0 Å². The molecule has 0 fully saturated rings. The molecule has 0 saturated heterocycles. The van der Waals surface area contributed by atoms with Crippen molar-refractivity contribution in [3.8, 4) is 5.69 Å². The predicted octanol–water partition coefficient (Wildman–Crippen LogP) is 6.97. The van der Waals surface area contributed by atoms with E-state index in [4.69, 9.17) is 23.2 Å². The molecule has 1 heterocycles. The van der Waals surface area contributed by atoms with Gasteiger partial charge in [0.15, 0.2) is 11.0 Å². The van der Waals surface area contributed by atoms with Gasteiger partial charge in [-0.15, -0.1) is 10.2 Å². The van der Waals surface area contributed by atoms with Crippen LogP contribution in [0.1, 0.15) is 45.8 Å². The molecular formula is C26H24Cl2N4OS. The van der Waals surface area contributed by atoms with Gasteiger partial charge in [0.1, 0.15) is 0 Å². The van der Waals surface area contributed by atoms with Crippen molar-refractivity contribution in [1.82, 2.24) is 20.1 Å². The number of rotatable bonds is 7. The lowest BCUT2D eigenvalue weighted by molar-refractivity contribution is 0.0938. The third kappa shape index (κ3) is 5.46. The van der Waals surface area contributed by atoms with Crippen LogP contribution in [0.15, 0.2) is 71.9 Å². The first-order valence-corrected chi connectivity index (χ1v) is 12.5. The van der Waals surface area contributed by atoms with E-state index < -0.39 is 6.04 Å². The second kappa shape index (κ2) is 10.6. The van der Waals surface area contributed by atoms with Crippen molar-refractivity contribution in [2.75, 3.05) is 0 Å². The summed E-state index contributed by atoms with van der Waals surface area (Å²) >= 11 is 13.9. The van der Waals surface area contributed by atoms with Crippen molar-refractivity contribution < 1.29 is 4.79 Å². The fourth-order valence-electron chi connectivity index (χ4n) is 3.57. The molecule has 1 unspecified atom stereocenters. The maximum Gasteiger partial charge on any atom is 0.251 e. The minimum Gasteiger partial charge on any atom is -0.342 e. The number of benzene rings is 3. The van der Waals surface area contributed by atoms with E-state index in [1.165, 1.54) is 11.1 Å². The highest BCUT2D eigenvalue weighted by Gasteiger charge is 2.23. The van der Waals surface area contributed by atoms with Crippen molar-refractivity contribution in [3.05, 3.63) is 105 Å². The summed E-state index contributed by atoms with van der Waals surface area (Å²) in [7, 11) is 0. The molecule has 34 heavy (non-hydrogen) atoms. The number of aryl methyl sites for hydroxylation is 2. The second-order valence-corrected chi connectivity index (χ2v) is 9.84. The molecule has 5 nitrogen and oxygen atoms in total. The molecule has 0 aliphatic carbocycles. The van der Waals surface area contributed by atoms with Crippen LogP contribution in [0, 0.1) is 13.8 Å². The Bertz CT molecular complexity index is 1320. The van der Waals surface area contributed by atoms with E-state index >= 15 is 0 Å². The van der Waals surface area contributed by atoms with Gasteiger partial charge < -0.3 is 5.32 Å². The van der Waals surface area contributed by atoms with Crippen LogP contribution in [0.3, 0.4) is 0 Å². The van der Waals surface area contributed by atoms with Crippen LogP contribution in [-0.4, -0.2) is 20.7 Å². The molecular weight excluding hydrogens is 487 g/mol. The van der Waals surface area contributed by atoms with Gasteiger partial charge >= 0.3 is 0 Å². The van der Waals surface area contributed by atoms with Crippen LogP contribution in [0.5, 0.6) is 0 Å². The monoisotopic (exact) mass is 510 g/mol. The number of carbonyl (C=O) groups is 1. The maximum atomic E-state index is 12.8. The average molecular weight is 511 g/mol. The zero-order valence-corrected chi connectivity index (χ0v) is 21.4. The lowest BCUT2D eigenvalue weighted by atomic mass is 10.1. The zero-order valence-electron chi connectivity index (χ0n) is 19.0. The van der Waals surface area contributed by atoms with E-state index in [1.54, 1.807) is 36.0 Å². The third-order valence-corrected chi connectivity index (χ3v) is 6.99. The SMILES string of the molecule is Cc1ccccc1CSc1nnc(C(C)NC(=O)c2ccc(Cl)cc2)n1-c1cc(Cl)ccc1C. The number of thioether (sulfide) groups is 1. The Morgan fingerprint density at radius 3 is 2.41 bits per heavy atom. The van der Waals surface area contributed by atoms with Gasteiger partial charge in [0.2, 0.25) is 0 Å². The summed E-state index contributed by atoms with van der Waals surface area (Å²) in [6.45, 7) is 6.01. The van der Waals surface area contributed by atoms with Crippen molar-refractivity contribution in [1.29, 1.82) is 0 Å². The molecule has 0 radical (unpaired) electrons. The topological polar surface area (TPSA) is 59.8 Å². The smallest absolute Gasteiger partial charge is 0.251 e. The molecule has 0 aliphatic heterocycles. The number of aromatic nitrogens is 3. The highest BCUT2D eigenvalue weighted by molar-refractivity contribution is 7.98. The summed E-state index contributed by atoms with van der Waals surface area (Å²) in [5, 5.41) is 13.9. The highest BCUT2D eigenvalue weighted by atomic mass is 35.5. The predicted molar refractivity (Wildman–Crippen MR) is 139 cm³/mol. The number of hydrogen-bond acceptors (Lipinski definition) is 4. The lowest BCUT2D eigenvalue weighted by Crippen LogP contribution is -2.28. The molecule has 1 atom stereocenters. The quantitative estimate of drug-likeness (QED) is 0.272. The molecule has 1 aromatic heterocycles. The Morgan fingerprint density at radius 1 is 0.971 bits per heavy atom. The van der Waals surface area contributed by atoms with Gasteiger partial charge in [0.05, 0.1) is 11.7 Å². The Labute approximate surface area is 213 Å². The fourth-order valence-corrected chi connectivity index (χ4v) is 4.89. The Kier molecular flexibility index (Phi) is 7.61. The minimum atomic E-state index is -0.401. The zero-order chi connectivity index (χ0) is 24.2. The molecule has 4 aromatic rings. The fraction of sp³-hybridized carbons (Fsp3) is 0.192. The minimum absolute atomic E-state index is 0.212. The first-order valence-electron chi connectivity index (χ1n) is 10.8. The second-order valence-electron chi connectivity index (χ2n) is 8.02. The molecule has 174 valence electrons. The van der Waals surface area contributed by atoms with Crippen LogP contribution in [-0.2, 0) is 5.75 Å². The van der Waals surface area contributed by atoms with Crippen molar-refractivity contribution in [2.45, 2.75) is 37.7 Å². The number of hydrogen-bond donors (Lipinski definition) is 1. The average Bonchev–Trinajstić information content (AvgIpc) is 3.24. The summed E-state index contributed by atoms with van der Waals surface area (Å²) in [5.74, 6) is 1.16. The van der Waals surface area contributed by atoms with Gasteiger partial charge in [0, 0.05) is 21.4 Å². The molecule has 1 amide bonds. The molecule has 1 N–H and O–H groups in total. The molecule has 4 rings (SSSR count). The number of carbonyl (C=O) groups excluding carboxylic acids is 1. The molecule has 3 aromatic carbocycles. The van der Waals surface area contributed by atoms with Crippen LogP contribution in [0.25, 0.3) is 5.69 Å². The first-order chi connectivity index (χ1) is 16.3. The number of nitrogens with one attached hydrogen (secondary N) is 1. The van der Waals surface area contributed by atoms with Crippen LogP contribution in [0.2, 0.25) is 10.0 Å². The molecule has 0 saturated carbocycles. The molecule has 0 aliphatic rings. The largest absolute Gasteiger partial charge is 0.342 e. The van der Waals surface area contributed by atoms with Gasteiger partial charge in [-0.05, 0) is 73.9 Å². The Hall–Kier alpha value is -2.80. The normalized spacial score (nSPS) is 11.9. The van der Waals surface area contributed by atoms with E-state index in [0.29, 0.717) is 21.4 Å². The highest BCUT2D eigenvalue weighted by Crippen LogP contribution is 2.31. The number of amides is 1. The Balaban J connectivity index is 1.67. The van der Waals surface area contributed by atoms with Crippen LogP contribution < -0.4 is 5.32 Å². The standard InChI is InChI=1S/C26H24Cl2N4OS/c1-16-6-4-5-7-20(16)15-34-26-31-30-24(32(26)23-14-22(28)11-8-17(23)2)18(3)29-25(33)19-9-12-21(27)13-10-19/h4-14,18H,15H2,1-3H3,(H,29,33). The number of halogens is 2.